The van der Waals surface area contributed by atoms with E-state index in [2.05, 4.69) is 0 Å². The van der Waals surface area contributed by atoms with E-state index in [1.165, 1.54) is 12.1 Å². The van der Waals surface area contributed by atoms with Crippen molar-refractivity contribution < 1.29 is 19.0 Å². The van der Waals surface area contributed by atoms with Crippen LogP contribution >= 0.6 is 11.6 Å². The maximum Gasteiger partial charge on any atom is 0.179 e. The van der Waals surface area contributed by atoms with E-state index in [4.69, 9.17) is 21.1 Å². The van der Waals surface area contributed by atoms with Crippen LogP contribution in [0.3, 0.4) is 0 Å². The van der Waals surface area contributed by atoms with Crippen LogP contribution in [0, 0.1) is 12.7 Å². The summed E-state index contributed by atoms with van der Waals surface area (Å²) in [4.78, 5) is 0. The van der Waals surface area contributed by atoms with Crippen LogP contribution in [0.1, 0.15) is 22.8 Å². The van der Waals surface area contributed by atoms with Gasteiger partial charge >= 0.3 is 0 Å². The number of benzene rings is 2. The Kier molecular flexibility index (Phi) is 3.74. The Bertz CT molecular complexity index is 687. The van der Waals surface area contributed by atoms with E-state index < -0.39 is 11.9 Å². The first kappa shape index (κ1) is 14.2. The van der Waals surface area contributed by atoms with Gasteiger partial charge in [0.1, 0.15) is 25.1 Å². The Hall–Kier alpha value is -1.78. The second kappa shape index (κ2) is 5.54. The Morgan fingerprint density at radius 3 is 2.76 bits per heavy atom. The number of aryl methyl sites for hydroxylation is 1. The second-order valence-electron chi connectivity index (χ2n) is 4.93. The molecule has 0 saturated heterocycles. The fourth-order valence-electron chi connectivity index (χ4n) is 2.37. The molecule has 1 unspecified atom stereocenters. The summed E-state index contributed by atoms with van der Waals surface area (Å²) in [6, 6.07) is 7.61. The molecule has 0 fully saturated rings. The Labute approximate surface area is 126 Å². The molecule has 3 nitrogen and oxygen atoms in total. The molecule has 0 aromatic heterocycles. The summed E-state index contributed by atoms with van der Waals surface area (Å²) in [7, 11) is 0. The smallest absolute Gasteiger partial charge is 0.179 e. The zero-order valence-corrected chi connectivity index (χ0v) is 12.2. The zero-order valence-electron chi connectivity index (χ0n) is 11.4. The van der Waals surface area contributed by atoms with Crippen LogP contribution in [0.15, 0.2) is 30.3 Å². The van der Waals surface area contributed by atoms with Crippen molar-refractivity contribution in [2.75, 3.05) is 13.2 Å². The van der Waals surface area contributed by atoms with Crippen molar-refractivity contribution in [3.05, 3.63) is 57.9 Å². The summed E-state index contributed by atoms with van der Waals surface area (Å²) in [5, 5.41) is 10.9. The fourth-order valence-corrected chi connectivity index (χ4v) is 2.65. The van der Waals surface area contributed by atoms with Crippen LogP contribution in [-0.4, -0.2) is 18.3 Å². The summed E-state index contributed by atoms with van der Waals surface area (Å²) < 4.78 is 24.3. The van der Waals surface area contributed by atoms with Crippen molar-refractivity contribution >= 4 is 11.6 Å². The second-order valence-corrected chi connectivity index (χ2v) is 5.34. The maximum atomic E-state index is 13.4. The highest BCUT2D eigenvalue weighted by molar-refractivity contribution is 6.32. The summed E-state index contributed by atoms with van der Waals surface area (Å²) in [5.74, 6) is 0.588. The normalized spacial score (nSPS) is 14.9. The van der Waals surface area contributed by atoms with Gasteiger partial charge < -0.3 is 14.6 Å². The van der Waals surface area contributed by atoms with Gasteiger partial charge in [-0.3, -0.25) is 0 Å². The minimum absolute atomic E-state index is 0.371. The predicted molar refractivity (Wildman–Crippen MR) is 77.6 cm³/mol. The largest absolute Gasteiger partial charge is 0.486 e. The first-order valence-corrected chi connectivity index (χ1v) is 6.97. The quantitative estimate of drug-likeness (QED) is 0.920. The molecule has 1 N–H and O–H groups in total. The lowest BCUT2D eigenvalue weighted by Crippen LogP contribution is -2.16. The number of hydrogen-bond acceptors (Lipinski definition) is 3. The third kappa shape index (κ3) is 2.69. The fraction of sp³-hybridized carbons (Fsp3) is 0.250. The van der Waals surface area contributed by atoms with E-state index in [1.54, 1.807) is 18.2 Å². The number of halogens is 2. The molecule has 1 aliphatic heterocycles. The first-order chi connectivity index (χ1) is 10.1. The molecule has 21 heavy (non-hydrogen) atoms. The number of aliphatic hydroxyl groups excluding tert-OH is 1. The van der Waals surface area contributed by atoms with Crippen LogP contribution in [-0.2, 0) is 0 Å². The Morgan fingerprint density at radius 2 is 1.95 bits per heavy atom. The van der Waals surface area contributed by atoms with E-state index in [9.17, 15) is 9.50 Å². The standard InChI is InChI=1S/C16H14ClFO3/c1-9-2-3-11(18)8-12(9)15(19)10-6-13(17)16-14(7-10)20-4-5-21-16/h2-3,6-8,15,19H,4-5H2,1H3. The highest BCUT2D eigenvalue weighted by Crippen LogP contribution is 2.41. The third-order valence-corrected chi connectivity index (χ3v) is 3.75. The Morgan fingerprint density at radius 1 is 1.19 bits per heavy atom. The molecule has 1 heterocycles. The first-order valence-electron chi connectivity index (χ1n) is 6.59. The van der Waals surface area contributed by atoms with Crippen molar-refractivity contribution in [1.29, 1.82) is 0 Å². The molecule has 1 atom stereocenters. The molecule has 0 saturated carbocycles. The number of ether oxygens (including phenoxy) is 2. The van der Waals surface area contributed by atoms with Crippen LogP contribution in [0.2, 0.25) is 5.02 Å². The average Bonchev–Trinajstić information content (AvgIpc) is 2.49. The van der Waals surface area contributed by atoms with Gasteiger partial charge in [-0.15, -0.1) is 0 Å². The molecule has 3 rings (SSSR count). The third-order valence-electron chi connectivity index (χ3n) is 3.47. The summed E-state index contributed by atoms with van der Waals surface area (Å²) in [6.07, 6.45) is -0.978. The van der Waals surface area contributed by atoms with Crippen LogP contribution in [0.5, 0.6) is 11.5 Å². The molecule has 0 amide bonds. The summed E-state index contributed by atoms with van der Waals surface area (Å²) in [5.41, 5.74) is 1.84. The van der Waals surface area contributed by atoms with Gasteiger partial charge in [0.15, 0.2) is 11.5 Å². The van der Waals surface area contributed by atoms with Crippen molar-refractivity contribution in [1.82, 2.24) is 0 Å². The zero-order chi connectivity index (χ0) is 15.0. The van der Waals surface area contributed by atoms with Gasteiger partial charge in [-0.1, -0.05) is 17.7 Å². The van der Waals surface area contributed by atoms with Gasteiger partial charge in [0.2, 0.25) is 0 Å². The maximum absolute atomic E-state index is 13.4. The molecule has 0 bridgehead atoms. The molecular weight excluding hydrogens is 295 g/mol. The number of aliphatic hydroxyl groups is 1. The van der Waals surface area contributed by atoms with Crippen LogP contribution < -0.4 is 9.47 Å². The lowest BCUT2D eigenvalue weighted by atomic mass is 9.97. The molecular formula is C16H14ClFO3. The van der Waals surface area contributed by atoms with Crippen LogP contribution in [0.4, 0.5) is 4.39 Å². The highest BCUT2D eigenvalue weighted by Gasteiger charge is 2.21. The molecule has 0 aliphatic carbocycles. The van der Waals surface area contributed by atoms with Gasteiger partial charge in [0, 0.05) is 0 Å². The monoisotopic (exact) mass is 308 g/mol. The van der Waals surface area contributed by atoms with Crippen molar-refractivity contribution in [2.24, 2.45) is 0 Å². The van der Waals surface area contributed by atoms with E-state index in [0.29, 0.717) is 40.9 Å². The van der Waals surface area contributed by atoms with Crippen molar-refractivity contribution in [3.63, 3.8) is 0 Å². The molecule has 0 spiro atoms. The lowest BCUT2D eigenvalue weighted by molar-refractivity contribution is 0.170. The lowest BCUT2D eigenvalue weighted by Gasteiger charge is -2.22. The van der Waals surface area contributed by atoms with E-state index in [0.717, 1.165) is 5.56 Å². The topological polar surface area (TPSA) is 38.7 Å². The average molecular weight is 309 g/mol. The predicted octanol–water partition coefficient (Wildman–Crippen LogP) is 3.64. The van der Waals surface area contributed by atoms with Gasteiger partial charge in [0.05, 0.1) is 5.02 Å². The number of hydrogen-bond donors (Lipinski definition) is 1. The van der Waals surface area contributed by atoms with Gasteiger partial charge in [-0.2, -0.15) is 0 Å². The molecule has 0 radical (unpaired) electrons. The summed E-state index contributed by atoms with van der Waals surface area (Å²) >= 11 is 6.16. The minimum Gasteiger partial charge on any atom is -0.486 e. The molecule has 2 aromatic carbocycles. The SMILES string of the molecule is Cc1ccc(F)cc1C(O)c1cc(Cl)c2c(c1)OCCO2. The van der Waals surface area contributed by atoms with E-state index in [-0.39, 0.29) is 0 Å². The van der Waals surface area contributed by atoms with Crippen molar-refractivity contribution in [3.8, 4) is 11.5 Å². The number of fused-ring (bicyclic) bond motifs is 1. The van der Waals surface area contributed by atoms with Gasteiger partial charge in [-0.05, 0) is 47.9 Å². The molecule has 1 aliphatic rings. The van der Waals surface area contributed by atoms with E-state index >= 15 is 0 Å². The Balaban J connectivity index is 2.03. The molecule has 2 aromatic rings. The number of rotatable bonds is 2. The van der Waals surface area contributed by atoms with Gasteiger partial charge in [-0.25, -0.2) is 4.39 Å². The minimum atomic E-state index is -0.978. The molecule has 5 heteroatoms. The van der Waals surface area contributed by atoms with Crippen molar-refractivity contribution in [2.45, 2.75) is 13.0 Å². The summed E-state index contributed by atoms with van der Waals surface area (Å²) in [6.45, 7) is 2.69. The van der Waals surface area contributed by atoms with Crippen LogP contribution in [0.25, 0.3) is 0 Å². The highest BCUT2D eigenvalue weighted by atomic mass is 35.5. The molecule has 110 valence electrons. The van der Waals surface area contributed by atoms with Gasteiger partial charge in [0.25, 0.3) is 0 Å². The van der Waals surface area contributed by atoms with E-state index in [1.807, 2.05) is 6.92 Å².